The van der Waals surface area contributed by atoms with E-state index >= 15 is 0 Å². The van der Waals surface area contributed by atoms with Crippen molar-refractivity contribution in [2.24, 2.45) is 0 Å². The third-order valence-corrected chi connectivity index (χ3v) is 7.84. The number of hydrogen-bond donors (Lipinski definition) is 2. The van der Waals surface area contributed by atoms with Gasteiger partial charge in [-0.1, -0.05) is 34.7 Å². The zero-order valence-corrected chi connectivity index (χ0v) is 27.5. The van der Waals surface area contributed by atoms with Gasteiger partial charge in [0.2, 0.25) is 0 Å². The van der Waals surface area contributed by atoms with E-state index in [1.165, 1.54) is 0 Å². The number of hydrogen-bond acceptors (Lipinski definition) is 10. The Labute approximate surface area is 277 Å². The first-order valence-corrected chi connectivity index (χ1v) is 15.8. The second-order valence-electron chi connectivity index (χ2n) is 12.2. The Morgan fingerprint density at radius 3 is 1.46 bits per heavy atom. The number of likely N-dealkylation sites (N-methyl/N-ethyl adjacent to an activating group) is 2. The number of nitrogens with one attached hydrogen (secondary N) is 2. The molecular formula is C34H38N12O2. The van der Waals surface area contributed by atoms with Crippen LogP contribution in [0.4, 0.5) is 0 Å². The van der Waals surface area contributed by atoms with E-state index in [0.717, 1.165) is 93.9 Å². The van der Waals surface area contributed by atoms with Crippen molar-refractivity contribution in [2.75, 3.05) is 41.3 Å². The Kier molecular flexibility index (Phi) is 8.81. The monoisotopic (exact) mass is 646 g/mol. The molecule has 0 saturated heterocycles. The second kappa shape index (κ2) is 13.6. The van der Waals surface area contributed by atoms with Gasteiger partial charge < -0.3 is 29.2 Å². The van der Waals surface area contributed by atoms with E-state index in [9.17, 15) is 0 Å². The van der Waals surface area contributed by atoms with E-state index in [1.807, 2.05) is 111 Å². The molecule has 0 aliphatic carbocycles. The quantitative estimate of drug-likeness (QED) is 0.176. The Morgan fingerprint density at radius 1 is 0.604 bits per heavy atom. The third-order valence-electron chi connectivity index (χ3n) is 7.84. The molecule has 0 spiro atoms. The summed E-state index contributed by atoms with van der Waals surface area (Å²) in [6.45, 7) is 4.04. The molecule has 0 amide bonds. The average molecular weight is 647 g/mol. The lowest BCUT2D eigenvalue weighted by Gasteiger charge is -2.07. The zero-order chi connectivity index (χ0) is 33.0. The summed E-state index contributed by atoms with van der Waals surface area (Å²) in [5.74, 6) is 3.03. The number of aromatic amines is 2. The minimum Gasteiger partial charge on any atom is -0.487 e. The predicted octanol–water partition coefficient (Wildman–Crippen LogP) is 4.24. The first kappa shape index (κ1) is 31.0. The Bertz CT molecular complexity index is 1970. The molecular weight excluding hydrogens is 608 g/mol. The molecule has 4 aromatic heterocycles. The van der Waals surface area contributed by atoms with Gasteiger partial charge in [0.25, 0.3) is 0 Å². The van der Waals surface area contributed by atoms with Crippen LogP contribution in [0.1, 0.15) is 11.4 Å². The lowest BCUT2D eigenvalue weighted by Crippen LogP contribution is -2.18. The van der Waals surface area contributed by atoms with Crippen LogP contribution in [0.5, 0.6) is 11.5 Å². The topological polar surface area (TPSA) is 144 Å². The second-order valence-corrected chi connectivity index (χ2v) is 12.2. The van der Waals surface area contributed by atoms with Gasteiger partial charge in [-0.2, -0.15) is 0 Å². The molecule has 0 unspecified atom stereocenters. The predicted molar refractivity (Wildman–Crippen MR) is 182 cm³/mol. The molecule has 0 fully saturated rings. The fourth-order valence-corrected chi connectivity index (χ4v) is 5.16. The summed E-state index contributed by atoms with van der Waals surface area (Å²) in [4.78, 5) is 20.7. The molecule has 48 heavy (non-hydrogen) atoms. The van der Waals surface area contributed by atoms with Gasteiger partial charge >= 0.3 is 0 Å². The number of benzene rings is 3. The molecule has 0 aliphatic rings. The minimum atomic E-state index is 0.341. The van der Waals surface area contributed by atoms with Crippen molar-refractivity contribution in [3.8, 4) is 34.3 Å². The Balaban J connectivity index is 0.978. The summed E-state index contributed by atoms with van der Waals surface area (Å²) >= 11 is 0. The average Bonchev–Trinajstić information content (AvgIpc) is 3.90. The molecule has 0 aliphatic heterocycles. The number of H-pyrrole nitrogens is 2. The summed E-state index contributed by atoms with van der Waals surface area (Å²) in [6.07, 6.45) is 3.84. The van der Waals surface area contributed by atoms with E-state index in [1.54, 1.807) is 0 Å². The van der Waals surface area contributed by atoms with Crippen LogP contribution in [0.3, 0.4) is 0 Å². The highest BCUT2D eigenvalue weighted by Gasteiger charge is 2.11. The van der Waals surface area contributed by atoms with Gasteiger partial charge in [0, 0.05) is 36.3 Å². The first-order valence-electron chi connectivity index (χ1n) is 15.8. The van der Waals surface area contributed by atoms with Crippen molar-refractivity contribution >= 4 is 22.1 Å². The van der Waals surface area contributed by atoms with E-state index in [4.69, 9.17) is 19.4 Å². The summed E-state index contributed by atoms with van der Waals surface area (Å²) < 4.78 is 15.7. The number of nitrogens with zero attached hydrogens (tertiary/aromatic N) is 10. The molecule has 14 nitrogen and oxygen atoms in total. The molecule has 7 rings (SSSR count). The summed E-state index contributed by atoms with van der Waals surface area (Å²) in [6, 6.07) is 19.8. The van der Waals surface area contributed by atoms with Crippen LogP contribution in [0, 0.1) is 0 Å². The highest BCUT2D eigenvalue weighted by molar-refractivity contribution is 5.82. The molecule has 0 atom stereocenters. The molecule has 0 radical (unpaired) electrons. The van der Waals surface area contributed by atoms with Crippen molar-refractivity contribution in [1.82, 2.24) is 59.7 Å². The molecule has 7 aromatic rings. The number of aromatic nitrogens is 10. The van der Waals surface area contributed by atoms with Crippen LogP contribution < -0.4 is 9.47 Å². The van der Waals surface area contributed by atoms with Crippen LogP contribution in [0.15, 0.2) is 73.1 Å². The molecule has 0 saturated carbocycles. The fourth-order valence-electron chi connectivity index (χ4n) is 5.16. The Morgan fingerprint density at radius 2 is 1.04 bits per heavy atom. The number of rotatable bonds is 14. The maximum atomic E-state index is 6.00. The lowest BCUT2D eigenvalue weighted by atomic mass is 10.1. The van der Waals surface area contributed by atoms with Crippen molar-refractivity contribution in [1.29, 1.82) is 0 Å². The molecule has 246 valence electrons. The number of ether oxygens (including phenoxy) is 2. The van der Waals surface area contributed by atoms with E-state index in [0.29, 0.717) is 13.2 Å². The normalized spacial score (nSPS) is 11.8. The van der Waals surface area contributed by atoms with Gasteiger partial charge in [-0.25, -0.2) is 9.97 Å². The smallest absolute Gasteiger partial charge is 0.138 e. The van der Waals surface area contributed by atoms with Crippen molar-refractivity contribution < 1.29 is 9.47 Å². The van der Waals surface area contributed by atoms with Crippen molar-refractivity contribution in [3.63, 3.8) is 0 Å². The summed E-state index contributed by atoms with van der Waals surface area (Å²) in [5, 5.41) is 16.8. The van der Waals surface area contributed by atoms with Crippen molar-refractivity contribution in [3.05, 3.63) is 84.4 Å². The molecule has 0 bridgehead atoms. The molecule has 4 heterocycles. The lowest BCUT2D eigenvalue weighted by molar-refractivity contribution is 0.301. The highest BCUT2D eigenvalue weighted by Crippen LogP contribution is 2.28. The van der Waals surface area contributed by atoms with Gasteiger partial charge in [-0.15, -0.1) is 10.2 Å². The molecule has 2 N–H and O–H groups in total. The largest absolute Gasteiger partial charge is 0.487 e. The summed E-state index contributed by atoms with van der Waals surface area (Å²) in [5.41, 5.74) is 7.02. The maximum absolute atomic E-state index is 6.00. The molecule has 3 aromatic carbocycles. The standard InChI is InChI=1S/C34H38N12O2/c1-43(2)13-15-45-19-25(39-41-45)21-47-27-9-11-29-31(17-27)37-33(35-29)23-5-7-24(8-6-23)34-36-30-12-10-28(18-32(30)38-34)48-22-26-20-46(42-40-26)16-14-44(3)4/h5-12,17-20H,13-16,21-22H2,1-4H3,(H,35,37)(H,36,38). The van der Waals surface area contributed by atoms with Gasteiger partial charge in [-0.3, -0.25) is 9.36 Å². The number of imidazole rings is 2. The van der Waals surface area contributed by atoms with E-state index in [-0.39, 0.29) is 0 Å². The van der Waals surface area contributed by atoms with E-state index in [2.05, 4.69) is 40.4 Å². The van der Waals surface area contributed by atoms with Gasteiger partial charge in [0.15, 0.2) is 0 Å². The zero-order valence-electron chi connectivity index (χ0n) is 27.5. The van der Waals surface area contributed by atoms with Crippen LogP contribution in [-0.4, -0.2) is 101 Å². The first-order chi connectivity index (χ1) is 23.3. The van der Waals surface area contributed by atoms with Gasteiger partial charge in [0.05, 0.1) is 47.6 Å². The van der Waals surface area contributed by atoms with Crippen LogP contribution in [0.2, 0.25) is 0 Å². The third kappa shape index (κ3) is 7.35. The van der Waals surface area contributed by atoms with E-state index < -0.39 is 0 Å². The SMILES string of the molecule is CN(C)CCn1cc(COc2ccc3nc(-c4ccc(-c5nc6ccc(OCc7cn(CCN(C)C)nn7)cc6[nH]5)cc4)[nH]c3c2)nn1. The fraction of sp³-hybridized carbons (Fsp3) is 0.294. The Hall–Kier alpha value is -5.60. The minimum absolute atomic E-state index is 0.341. The van der Waals surface area contributed by atoms with Crippen molar-refractivity contribution in [2.45, 2.75) is 26.3 Å². The van der Waals surface area contributed by atoms with Crippen LogP contribution >= 0.6 is 0 Å². The summed E-state index contributed by atoms with van der Waals surface area (Å²) in [7, 11) is 8.14. The van der Waals surface area contributed by atoms with Gasteiger partial charge in [-0.05, 0) is 52.5 Å². The maximum Gasteiger partial charge on any atom is 0.138 e. The number of fused-ring (bicyclic) bond motifs is 2. The van der Waals surface area contributed by atoms with Gasteiger partial charge in [0.1, 0.15) is 47.7 Å². The van der Waals surface area contributed by atoms with Crippen LogP contribution in [-0.2, 0) is 26.3 Å². The van der Waals surface area contributed by atoms with Crippen LogP contribution in [0.25, 0.3) is 44.8 Å². The highest BCUT2D eigenvalue weighted by atomic mass is 16.5. The molecule has 14 heteroatoms.